The van der Waals surface area contributed by atoms with Gasteiger partial charge in [-0.1, -0.05) is 6.07 Å². The number of pyridine rings is 1. The van der Waals surface area contributed by atoms with E-state index in [1.807, 2.05) is 26.0 Å². The quantitative estimate of drug-likeness (QED) is 0.866. The maximum absolute atomic E-state index is 12.6. The number of aryl methyl sites for hydroxylation is 2. The van der Waals surface area contributed by atoms with E-state index in [0.29, 0.717) is 15.8 Å². The Balaban J connectivity index is 2.48. The molecule has 0 spiro atoms. The molecule has 5 nitrogen and oxygen atoms in total. The van der Waals surface area contributed by atoms with Gasteiger partial charge in [-0.3, -0.25) is 9.71 Å². The molecule has 112 valence electrons. The van der Waals surface area contributed by atoms with E-state index in [-0.39, 0.29) is 4.90 Å². The summed E-state index contributed by atoms with van der Waals surface area (Å²) in [4.78, 5) is 4.00. The molecule has 0 amide bonds. The molecule has 0 unspecified atom stereocenters. The van der Waals surface area contributed by atoms with Crippen molar-refractivity contribution in [2.24, 2.45) is 0 Å². The van der Waals surface area contributed by atoms with E-state index in [9.17, 15) is 8.42 Å². The average molecular weight is 370 g/mol. The summed E-state index contributed by atoms with van der Waals surface area (Å²) >= 11 is 3.40. The van der Waals surface area contributed by atoms with E-state index < -0.39 is 10.0 Å². The average Bonchev–Trinajstić information content (AvgIpc) is 2.43. The molecule has 1 aromatic heterocycles. The molecule has 2 aromatic rings. The molecule has 0 aliphatic heterocycles. The highest BCUT2D eigenvalue weighted by Crippen LogP contribution is 2.31. The van der Waals surface area contributed by atoms with Crippen LogP contribution in [0.2, 0.25) is 0 Å². The molecule has 0 saturated heterocycles. The van der Waals surface area contributed by atoms with Crippen molar-refractivity contribution in [3.63, 3.8) is 0 Å². The lowest BCUT2D eigenvalue weighted by Gasteiger charge is -2.15. The smallest absolute Gasteiger partial charge is 0.265 e. The standard InChI is InChI=1S/C14H16BrN3O2S/c1-9-6-10(2)14(11(15)7-9)18-21(19,20)13-8-17-5-4-12(13)16-3/h4-8,18H,1-3H3,(H,16,17). The molecular formula is C14H16BrN3O2S. The Kier molecular flexibility index (Phi) is 4.53. The Morgan fingerprint density at radius 3 is 2.57 bits per heavy atom. The van der Waals surface area contributed by atoms with Crippen molar-refractivity contribution in [2.75, 3.05) is 17.1 Å². The van der Waals surface area contributed by atoms with Crippen molar-refractivity contribution in [3.8, 4) is 0 Å². The van der Waals surface area contributed by atoms with Gasteiger partial charge in [0.25, 0.3) is 10.0 Å². The minimum absolute atomic E-state index is 0.111. The zero-order valence-electron chi connectivity index (χ0n) is 11.9. The highest BCUT2D eigenvalue weighted by Gasteiger charge is 2.20. The van der Waals surface area contributed by atoms with Crippen molar-refractivity contribution in [2.45, 2.75) is 18.7 Å². The lowest BCUT2D eigenvalue weighted by atomic mass is 10.1. The summed E-state index contributed by atoms with van der Waals surface area (Å²) in [5, 5.41) is 2.85. The third-order valence-corrected chi connectivity index (χ3v) is 5.01. The van der Waals surface area contributed by atoms with Gasteiger partial charge in [0.15, 0.2) is 0 Å². The van der Waals surface area contributed by atoms with E-state index in [2.05, 4.69) is 31.0 Å². The van der Waals surface area contributed by atoms with Gasteiger partial charge in [0.05, 0.1) is 11.4 Å². The summed E-state index contributed by atoms with van der Waals surface area (Å²) in [6.45, 7) is 3.81. The summed E-state index contributed by atoms with van der Waals surface area (Å²) < 4.78 is 28.4. The van der Waals surface area contributed by atoms with Crippen LogP contribution in [0.5, 0.6) is 0 Å². The fourth-order valence-corrected chi connectivity index (χ4v) is 4.25. The second-order valence-corrected chi connectivity index (χ2v) is 7.17. The molecule has 21 heavy (non-hydrogen) atoms. The van der Waals surface area contributed by atoms with Crippen LogP contribution < -0.4 is 10.0 Å². The van der Waals surface area contributed by atoms with Crippen LogP contribution in [0, 0.1) is 13.8 Å². The van der Waals surface area contributed by atoms with E-state index in [4.69, 9.17) is 0 Å². The van der Waals surface area contributed by atoms with Crippen LogP contribution in [0.15, 0.2) is 40.0 Å². The minimum atomic E-state index is -3.72. The van der Waals surface area contributed by atoms with Crippen molar-refractivity contribution in [1.82, 2.24) is 4.98 Å². The second kappa shape index (κ2) is 6.03. The number of hydrogen-bond donors (Lipinski definition) is 2. The fraction of sp³-hybridized carbons (Fsp3) is 0.214. The normalized spacial score (nSPS) is 11.2. The Morgan fingerprint density at radius 1 is 1.24 bits per heavy atom. The van der Waals surface area contributed by atoms with Gasteiger partial charge in [-0.05, 0) is 53.0 Å². The van der Waals surface area contributed by atoms with Crippen LogP contribution in [-0.2, 0) is 10.0 Å². The van der Waals surface area contributed by atoms with Crippen LogP contribution in [0.1, 0.15) is 11.1 Å². The monoisotopic (exact) mass is 369 g/mol. The van der Waals surface area contributed by atoms with Crippen LogP contribution in [0.25, 0.3) is 0 Å². The first kappa shape index (κ1) is 15.8. The lowest BCUT2D eigenvalue weighted by molar-refractivity contribution is 0.601. The van der Waals surface area contributed by atoms with Crippen LogP contribution in [0.3, 0.4) is 0 Å². The highest BCUT2D eigenvalue weighted by molar-refractivity contribution is 9.10. The summed E-state index contributed by atoms with van der Waals surface area (Å²) in [5.74, 6) is 0. The van der Waals surface area contributed by atoms with Gasteiger partial charge >= 0.3 is 0 Å². The summed E-state index contributed by atoms with van der Waals surface area (Å²) in [7, 11) is -2.05. The molecule has 0 fully saturated rings. The maximum Gasteiger partial charge on any atom is 0.265 e. The first-order valence-electron chi connectivity index (χ1n) is 6.26. The second-order valence-electron chi connectivity index (χ2n) is 4.67. The van der Waals surface area contributed by atoms with Gasteiger partial charge in [0.2, 0.25) is 0 Å². The van der Waals surface area contributed by atoms with Gasteiger partial charge in [-0.2, -0.15) is 0 Å². The Labute approximate surface area is 133 Å². The predicted molar refractivity (Wildman–Crippen MR) is 88.2 cm³/mol. The van der Waals surface area contributed by atoms with Gasteiger partial charge in [-0.15, -0.1) is 0 Å². The van der Waals surface area contributed by atoms with Crippen molar-refractivity contribution < 1.29 is 8.42 Å². The molecule has 0 bridgehead atoms. The van der Waals surface area contributed by atoms with E-state index >= 15 is 0 Å². The lowest BCUT2D eigenvalue weighted by Crippen LogP contribution is -2.16. The van der Waals surface area contributed by atoms with Gasteiger partial charge in [0.1, 0.15) is 4.90 Å². The fourth-order valence-electron chi connectivity index (χ4n) is 2.03. The zero-order chi connectivity index (χ0) is 15.6. The number of nitrogens with zero attached hydrogens (tertiary/aromatic N) is 1. The Morgan fingerprint density at radius 2 is 1.95 bits per heavy atom. The number of aromatic nitrogens is 1. The summed E-state index contributed by atoms with van der Waals surface area (Å²) in [6.07, 6.45) is 2.86. The molecule has 0 radical (unpaired) electrons. The van der Waals surface area contributed by atoms with E-state index in [1.54, 1.807) is 13.1 Å². The van der Waals surface area contributed by atoms with Crippen LogP contribution >= 0.6 is 15.9 Å². The highest BCUT2D eigenvalue weighted by atomic mass is 79.9. The number of nitrogens with one attached hydrogen (secondary N) is 2. The SMILES string of the molecule is CNc1ccncc1S(=O)(=O)Nc1c(C)cc(C)cc1Br. The van der Waals surface area contributed by atoms with Crippen molar-refractivity contribution in [3.05, 3.63) is 46.2 Å². The molecule has 2 N–H and O–H groups in total. The molecule has 2 rings (SSSR count). The molecule has 0 atom stereocenters. The molecule has 7 heteroatoms. The number of halogens is 1. The van der Waals surface area contributed by atoms with Crippen molar-refractivity contribution in [1.29, 1.82) is 0 Å². The summed E-state index contributed by atoms with van der Waals surface area (Å²) in [6, 6.07) is 5.41. The topological polar surface area (TPSA) is 71.1 Å². The zero-order valence-corrected chi connectivity index (χ0v) is 14.3. The Bertz CT molecular complexity index is 753. The molecule has 1 aromatic carbocycles. The predicted octanol–water partition coefficient (Wildman–Crippen LogP) is 3.30. The van der Waals surface area contributed by atoms with Gasteiger partial charge in [-0.25, -0.2) is 8.42 Å². The molecular weight excluding hydrogens is 354 g/mol. The number of rotatable bonds is 4. The van der Waals surface area contributed by atoms with Gasteiger partial charge in [0, 0.05) is 23.9 Å². The largest absolute Gasteiger partial charge is 0.387 e. The number of hydrogen-bond acceptors (Lipinski definition) is 4. The third-order valence-electron chi connectivity index (χ3n) is 3.01. The van der Waals surface area contributed by atoms with Gasteiger partial charge < -0.3 is 5.32 Å². The van der Waals surface area contributed by atoms with Crippen molar-refractivity contribution >= 4 is 37.3 Å². The first-order chi connectivity index (χ1) is 9.85. The van der Waals surface area contributed by atoms with Crippen LogP contribution in [0.4, 0.5) is 11.4 Å². The molecule has 0 aliphatic rings. The number of benzene rings is 1. The summed E-state index contributed by atoms with van der Waals surface area (Å²) in [5.41, 5.74) is 2.94. The maximum atomic E-state index is 12.6. The first-order valence-corrected chi connectivity index (χ1v) is 8.54. The van der Waals surface area contributed by atoms with E-state index in [0.717, 1.165) is 11.1 Å². The molecule has 0 aliphatic carbocycles. The molecule has 0 saturated carbocycles. The number of sulfonamides is 1. The molecule has 1 heterocycles. The Hall–Kier alpha value is -1.60. The van der Waals surface area contributed by atoms with E-state index in [1.165, 1.54) is 12.4 Å². The number of anilines is 2. The minimum Gasteiger partial charge on any atom is -0.387 e. The van der Waals surface area contributed by atoms with Crippen LogP contribution in [-0.4, -0.2) is 20.4 Å². The third kappa shape index (κ3) is 3.36.